The van der Waals surface area contributed by atoms with Crippen molar-refractivity contribution in [2.45, 2.75) is 39.0 Å². The largest absolute Gasteiger partial charge is 0.368 e. The highest BCUT2D eigenvalue weighted by molar-refractivity contribution is 5.37. The van der Waals surface area contributed by atoms with E-state index in [4.69, 9.17) is 0 Å². The molecule has 92 valence electrons. The summed E-state index contributed by atoms with van der Waals surface area (Å²) in [7, 11) is 0. The van der Waals surface area contributed by atoms with Crippen LogP contribution in [0.3, 0.4) is 0 Å². The van der Waals surface area contributed by atoms with Crippen LogP contribution in [0.25, 0.3) is 0 Å². The van der Waals surface area contributed by atoms with Gasteiger partial charge in [0, 0.05) is 6.54 Å². The Hall–Kier alpha value is -1.65. The van der Waals surface area contributed by atoms with E-state index in [1.54, 1.807) is 0 Å². The molecule has 0 saturated carbocycles. The Kier molecular flexibility index (Phi) is 3.90. The van der Waals surface area contributed by atoms with Gasteiger partial charge in [-0.1, -0.05) is 11.6 Å². The number of allylic oxidation sites excluding steroid dienone is 1. The fraction of sp³-hybridized carbons (Fsp3) is 0.583. The number of nitrogens with zero attached hydrogens (tertiary/aromatic N) is 2. The van der Waals surface area contributed by atoms with E-state index >= 15 is 0 Å². The van der Waals surface area contributed by atoms with Gasteiger partial charge in [0.25, 0.3) is 0 Å². The molecule has 0 unspecified atom stereocenters. The van der Waals surface area contributed by atoms with Crippen molar-refractivity contribution in [1.82, 2.24) is 15.2 Å². The number of anilines is 1. The Balaban J connectivity index is 1.87. The summed E-state index contributed by atoms with van der Waals surface area (Å²) < 4.78 is 0. The maximum Gasteiger partial charge on any atom is 0.363 e. The summed E-state index contributed by atoms with van der Waals surface area (Å²) in [6, 6.07) is 0. The number of H-pyrrole nitrogens is 1. The van der Waals surface area contributed by atoms with Crippen molar-refractivity contribution in [2.75, 3.05) is 11.9 Å². The molecule has 0 amide bonds. The summed E-state index contributed by atoms with van der Waals surface area (Å²) in [4.78, 5) is 14.9. The van der Waals surface area contributed by atoms with Crippen LogP contribution < -0.4 is 11.0 Å². The minimum absolute atomic E-state index is 0.407. The fourth-order valence-corrected chi connectivity index (χ4v) is 2.03. The SMILES string of the molecule is Cc1n[nH]c(=O)nc1NCCC1=CCCCC1. The highest BCUT2D eigenvalue weighted by Gasteiger charge is 2.05. The topological polar surface area (TPSA) is 70.7 Å². The molecule has 1 aliphatic rings. The molecular weight excluding hydrogens is 216 g/mol. The van der Waals surface area contributed by atoms with Crippen LogP contribution in [0.4, 0.5) is 5.82 Å². The summed E-state index contributed by atoms with van der Waals surface area (Å²) in [5.74, 6) is 0.588. The molecule has 2 N–H and O–H groups in total. The van der Waals surface area contributed by atoms with Crippen molar-refractivity contribution in [3.05, 3.63) is 27.8 Å². The third-order valence-electron chi connectivity index (χ3n) is 3.00. The van der Waals surface area contributed by atoms with Crippen LogP contribution in [0.5, 0.6) is 0 Å². The first-order chi connectivity index (χ1) is 8.25. The highest BCUT2D eigenvalue weighted by Crippen LogP contribution is 2.19. The van der Waals surface area contributed by atoms with Crippen molar-refractivity contribution in [3.63, 3.8) is 0 Å². The number of aromatic nitrogens is 3. The Morgan fingerprint density at radius 1 is 1.47 bits per heavy atom. The van der Waals surface area contributed by atoms with Crippen molar-refractivity contribution >= 4 is 5.82 Å². The molecule has 1 aliphatic carbocycles. The van der Waals surface area contributed by atoms with Gasteiger partial charge in [-0.2, -0.15) is 10.1 Å². The lowest BCUT2D eigenvalue weighted by Crippen LogP contribution is -2.17. The van der Waals surface area contributed by atoms with Crippen LogP contribution in [0.1, 0.15) is 37.8 Å². The van der Waals surface area contributed by atoms with Gasteiger partial charge in [0.05, 0.1) is 0 Å². The van der Waals surface area contributed by atoms with Crippen molar-refractivity contribution < 1.29 is 0 Å². The number of hydrogen-bond acceptors (Lipinski definition) is 4. The van der Waals surface area contributed by atoms with E-state index in [0.717, 1.165) is 18.7 Å². The lowest BCUT2D eigenvalue weighted by molar-refractivity contribution is 0.679. The van der Waals surface area contributed by atoms with E-state index in [0.29, 0.717) is 5.82 Å². The van der Waals surface area contributed by atoms with Gasteiger partial charge in [0.2, 0.25) is 0 Å². The zero-order chi connectivity index (χ0) is 12.1. The summed E-state index contributed by atoms with van der Waals surface area (Å²) in [5, 5.41) is 9.35. The van der Waals surface area contributed by atoms with Gasteiger partial charge in [-0.3, -0.25) is 0 Å². The van der Waals surface area contributed by atoms with E-state index in [1.165, 1.54) is 31.3 Å². The monoisotopic (exact) mass is 234 g/mol. The second kappa shape index (κ2) is 5.61. The first-order valence-electron chi connectivity index (χ1n) is 6.11. The maximum absolute atomic E-state index is 11.0. The van der Waals surface area contributed by atoms with Crippen LogP contribution in [-0.2, 0) is 0 Å². The first-order valence-corrected chi connectivity index (χ1v) is 6.11. The quantitative estimate of drug-likeness (QED) is 0.779. The molecule has 0 radical (unpaired) electrons. The second-order valence-corrected chi connectivity index (χ2v) is 4.36. The third kappa shape index (κ3) is 3.41. The van der Waals surface area contributed by atoms with Crippen molar-refractivity contribution in [2.24, 2.45) is 0 Å². The van der Waals surface area contributed by atoms with E-state index in [1.807, 2.05) is 6.92 Å². The molecule has 0 aliphatic heterocycles. The average Bonchev–Trinajstić information content (AvgIpc) is 2.35. The smallest absolute Gasteiger partial charge is 0.363 e. The molecule has 0 fully saturated rings. The molecule has 2 rings (SSSR count). The fourth-order valence-electron chi connectivity index (χ4n) is 2.03. The van der Waals surface area contributed by atoms with E-state index < -0.39 is 5.69 Å². The summed E-state index contributed by atoms with van der Waals surface area (Å²) in [6.07, 6.45) is 8.39. The molecule has 1 heterocycles. The lowest BCUT2D eigenvalue weighted by atomic mass is 9.97. The van der Waals surface area contributed by atoms with Crippen LogP contribution in [-0.4, -0.2) is 21.7 Å². The Bertz CT molecular complexity index is 464. The molecule has 5 heteroatoms. The summed E-state index contributed by atoms with van der Waals surface area (Å²) in [6.45, 7) is 2.63. The van der Waals surface area contributed by atoms with Crippen molar-refractivity contribution in [1.29, 1.82) is 0 Å². The van der Waals surface area contributed by atoms with Gasteiger partial charge in [-0.25, -0.2) is 9.89 Å². The highest BCUT2D eigenvalue weighted by atomic mass is 16.1. The van der Waals surface area contributed by atoms with E-state index in [9.17, 15) is 4.79 Å². The predicted molar refractivity (Wildman–Crippen MR) is 67.0 cm³/mol. The first kappa shape index (κ1) is 11.8. The zero-order valence-corrected chi connectivity index (χ0v) is 10.1. The van der Waals surface area contributed by atoms with E-state index in [2.05, 4.69) is 26.6 Å². The predicted octanol–water partition coefficient (Wildman–Crippen LogP) is 1.78. The van der Waals surface area contributed by atoms with Crippen LogP contribution in [0, 0.1) is 6.92 Å². The Morgan fingerprint density at radius 3 is 3.12 bits per heavy atom. The van der Waals surface area contributed by atoms with E-state index in [-0.39, 0.29) is 0 Å². The standard InChI is InChI=1S/C12H18N4O/c1-9-11(14-12(17)16-15-9)13-8-7-10-5-3-2-4-6-10/h5H,2-4,6-8H2,1H3,(H2,13,14,16,17). The lowest BCUT2D eigenvalue weighted by Gasteiger charge is -2.13. The Labute approximate surface area is 100 Å². The van der Waals surface area contributed by atoms with Crippen LogP contribution in [0.2, 0.25) is 0 Å². The molecule has 17 heavy (non-hydrogen) atoms. The number of aromatic amines is 1. The molecule has 0 atom stereocenters. The number of aryl methyl sites for hydroxylation is 1. The maximum atomic E-state index is 11.0. The molecule has 5 nitrogen and oxygen atoms in total. The number of nitrogens with one attached hydrogen (secondary N) is 2. The molecule has 1 aromatic heterocycles. The number of hydrogen-bond donors (Lipinski definition) is 2. The third-order valence-corrected chi connectivity index (χ3v) is 3.00. The van der Waals surface area contributed by atoms with Gasteiger partial charge < -0.3 is 5.32 Å². The second-order valence-electron chi connectivity index (χ2n) is 4.36. The number of rotatable bonds is 4. The average molecular weight is 234 g/mol. The minimum atomic E-state index is -0.407. The van der Waals surface area contributed by atoms with Gasteiger partial charge >= 0.3 is 5.69 Å². The molecule has 0 bridgehead atoms. The summed E-state index contributed by atoms with van der Waals surface area (Å²) in [5.41, 5.74) is 1.83. The normalized spacial score (nSPS) is 15.5. The van der Waals surface area contributed by atoms with Crippen LogP contribution >= 0.6 is 0 Å². The molecule has 0 saturated heterocycles. The zero-order valence-electron chi connectivity index (χ0n) is 10.1. The molecule has 1 aromatic rings. The summed E-state index contributed by atoms with van der Waals surface area (Å²) >= 11 is 0. The molecular formula is C12H18N4O. The van der Waals surface area contributed by atoms with Crippen LogP contribution in [0.15, 0.2) is 16.4 Å². The molecule has 0 spiro atoms. The van der Waals surface area contributed by atoms with Gasteiger partial charge in [0.15, 0.2) is 5.82 Å². The molecule has 0 aromatic carbocycles. The van der Waals surface area contributed by atoms with Crippen molar-refractivity contribution in [3.8, 4) is 0 Å². The van der Waals surface area contributed by atoms with Gasteiger partial charge in [-0.15, -0.1) is 0 Å². The van der Waals surface area contributed by atoms with Gasteiger partial charge in [0.1, 0.15) is 5.69 Å². The minimum Gasteiger partial charge on any atom is -0.368 e. The van der Waals surface area contributed by atoms with Gasteiger partial charge in [-0.05, 0) is 39.0 Å². The Morgan fingerprint density at radius 2 is 2.35 bits per heavy atom.